The van der Waals surface area contributed by atoms with E-state index in [2.05, 4.69) is 13.0 Å². The van der Waals surface area contributed by atoms with Gasteiger partial charge in [-0.2, -0.15) is 0 Å². The molecule has 18 heavy (non-hydrogen) atoms. The smallest absolute Gasteiger partial charge is 0.169 e. The lowest BCUT2D eigenvalue weighted by atomic mass is 9.89. The van der Waals surface area contributed by atoms with Crippen LogP contribution in [0.5, 0.6) is 5.75 Å². The highest BCUT2D eigenvalue weighted by molar-refractivity contribution is 5.90. The largest absolute Gasteiger partial charge is 0.486 e. The number of hydrogen-bond donors (Lipinski definition) is 0. The van der Waals surface area contributed by atoms with Crippen LogP contribution in [0.2, 0.25) is 0 Å². The Bertz CT molecular complexity index is 439. The lowest BCUT2D eigenvalue weighted by molar-refractivity contribution is -0.154. The van der Waals surface area contributed by atoms with Crippen molar-refractivity contribution in [2.45, 2.75) is 45.8 Å². The standard InChI is InChI=1S/C15H20O3/c1-4-8-17-15-12(16)9-14(15)18-13-7-5-6-10(2)11(13)3/h5-7,14-15H,4,8-9H2,1-3H3. The third-order valence-corrected chi connectivity index (χ3v) is 3.39. The van der Waals surface area contributed by atoms with Crippen molar-refractivity contribution in [2.75, 3.05) is 6.61 Å². The van der Waals surface area contributed by atoms with Crippen LogP contribution in [-0.2, 0) is 9.53 Å². The van der Waals surface area contributed by atoms with Gasteiger partial charge in [-0.25, -0.2) is 0 Å². The molecule has 1 aliphatic carbocycles. The number of hydrogen-bond acceptors (Lipinski definition) is 3. The zero-order chi connectivity index (χ0) is 13.1. The van der Waals surface area contributed by atoms with Crippen molar-refractivity contribution in [1.29, 1.82) is 0 Å². The quantitative estimate of drug-likeness (QED) is 0.803. The van der Waals surface area contributed by atoms with Gasteiger partial charge in [0.2, 0.25) is 0 Å². The van der Waals surface area contributed by atoms with Gasteiger partial charge in [-0.15, -0.1) is 0 Å². The normalized spacial score (nSPS) is 22.7. The molecule has 0 heterocycles. The number of ether oxygens (including phenoxy) is 2. The summed E-state index contributed by atoms with van der Waals surface area (Å²) in [7, 11) is 0. The Labute approximate surface area is 108 Å². The average molecular weight is 248 g/mol. The van der Waals surface area contributed by atoms with Gasteiger partial charge in [0.25, 0.3) is 0 Å². The van der Waals surface area contributed by atoms with Gasteiger partial charge in [0.05, 0.1) is 0 Å². The summed E-state index contributed by atoms with van der Waals surface area (Å²) in [6.45, 7) is 6.74. The summed E-state index contributed by atoms with van der Waals surface area (Å²) in [6.07, 6.45) is 0.885. The minimum atomic E-state index is -0.370. The zero-order valence-corrected chi connectivity index (χ0v) is 11.2. The Morgan fingerprint density at radius 3 is 2.78 bits per heavy atom. The molecule has 98 valence electrons. The van der Waals surface area contributed by atoms with E-state index in [1.54, 1.807) is 0 Å². The van der Waals surface area contributed by atoms with E-state index in [0.717, 1.165) is 17.7 Å². The Balaban J connectivity index is 2.01. The van der Waals surface area contributed by atoms with Gasteiger partial charge in [0.15, 0.2) is 11.9 Å². The summed E-state index contributed by atoms with van der Waals surface area (Å²) in [4.78, 5) is 11.5. The third-order valence-electron chi connectivity index (χ3n) is 3.39. The van der Waals surface area contributed by atoms with Crippen LogP contribution in [0.15, 0.2) is 18.2 Å². The predicted octanol–water partition coefficient (Wildman–Crippen LogP) is 2.82. The van der Waals surface area contributed by atoms with Gasteiger partial charge in [-0.05, 0) is 37.5 Å². The van der Waals surface area contributed by atoms with Gasteiger partial charge in [0.1, 0.15) is 11.9 Å². The fourth-order valence-electron chi connectivity index (χ4n) is 2.03. The Morgan fingerprint density at radius 1 is 1.33 bits per heavy atom. The lowest BCUT2D eigenvalue weighted by Gasteiger charge is -2.35. The summed E-state index contributed by atoms with van der Waals surface area (Å²) < 4.78 is 11.4. The summed E-state index contributed by atoms with van der Waals surface area (Å²) in [5.41, 5.74) is 2.33. The Kier molecular flexibility index (Phi) is 4.02. The van der Waals surface area contributed by atoms with Gasteiger partial charge >= 0.3 is 0 Å². The van der Waals surface area contributed by atoms with Crippen LogP contribution in [0.25, 0.3) is 0 Å². The molecule has 1 fully saturated rings. The molecule has 1 aliphatic rings. The van der Waals surface area contributed by atoms with Crippen molar-refractivity contribution in [3.63, 3.8) is 0 Å². The highest BCUT2D eigenvalue weighted by atomic mass is 16.5. The number of aryl methyl sites for hydroxylation is 1. The molecule has 0 amide bonds. The number of ketones is 1. The van der Waals surface area contributed by atoms with Crippen molar-refractivity contribution >= 4 is 5.78 Å². The molecule has 3 heteroatoms. The molecule has 3 nitrogen and oxygen atoms in total. The van der Waals surface area contributed by atoms with E-state index in [1.807, 2.05) is 26.0 Å². The molecule has 0 aliphatic heterocycles. The van der Waals surface area contributed by atoms with Crippen LogP contribution in [0.1, 0.15) is 30.9 Å². The lowest BCUT2D eigenvalue weighted by Crippen LogP contribution is -2.52. The highest BCUT2D eigenvalue weighted by Crippen LogP contribution is 2.28. The molecular formula is C15H20O3. The SMILES string of the molecule is CCCOC1C(=O)CC1Oc1cccc(C)c1C. The van der Waals surface area contributed by atoms with Crippen LogP contribution in [0.3, 0.4) is 0 Å². The zero-order valence-electron chi connectivity index (χ0n) is 11.2. The minimum Gasteiger partial charge on any atom is -0.486 e. The third kappa shape index (κ3) is 2.56. The first-order chi connectivity index (χ1) is 8.63. The molecule has 2 rings (SSSR count). The fraction of sp³-hybridized carbons (Fsp3) is 0.533. The van der Waals surface area contributed by atoms with Gasteiger partial charge in [-0.3, -0.25) is 4.79 Å². The molecule has 0 radical (unpaired) electrons. The summed E-state index contributed by atoms with van der Waals surface area (Å²) in [6, 6.07) is 5.97. The second kappa shape index (κ2) is 5.53. The monoisotopic (exact) mass is 248 g/mol. The predicted molar refractivity (Wildman–Crippen MR) is 70.0 cm³/mol. The van der Waals surface area contributed by atoms with Crippen LogP contribution in [-0.4, -0.2) is 24.6 Å². The molecule has 2 atom stereocenters. The van der Waals surface area contributed by atoms with Crippen LogP contribution < -0.4 is 4.74 Å². The van der Waals surface area contributed by atoms with Crippen molar-refractivity contribution in [2.24, 2.45) is 0 Å². The van der Waals surface area contributed by atoms with Gasteiger partial charge in [-0.1, -0.05) is 19.1 Å². The molecular weight excluding hydrogens is 228 g/mol. The van der Waals surface area contributed by atoms with E-state index >= 15 is 0 Å². The Hall–Kier alpha value is -1.35. The molecule has 0 saturated heterocycles. The van der Waals surface area contributed by atoms with E-state index < -0.39 is 0 Å². The van der Waals surface area contributed by atoms with Crippen LogP contribution >= 0.6 is 0 Å². The highest BCUT2D eigenvalue weighted by Gasteiger charge is 2.42. The fourth-order valence-corrected chi connectivity index (χ4v) is 2.03. The number of Topliss-reactive ketones (excluding diaryl/α,β-unsaturated/α-hetero) is 1. The molecule has 1 aromatic rings. The first-order valence-electron chi connectivity index (χ1n) is 6.50. The maximum absolute atomic E-state index is 11.5. The summed E-state index contributed by atoms with van der Waals surface area (Å²) >= 11 is 0. The first-order valence-corrected chi connectivity index (χ1v) is 6.50. The maximum Gasteiger partial charge on any atom is 0.169 e. The second-order valence-electron chi connectivity index (χ2n) is 4.82. The van der Waals surface area contributed by atoms with Crippen molar-refractivity contribution in [3.8, 4) is 5.75 Å². The molecule has 0 spiro atoms. The van der Waals surface area contributed by atoms with E-state index in [4.69, 9.17) is 9.47 Å². The van der Waals surface area contributed by atoms with Gasteiger partial charge < -0.3 is 9.47 Å². The number of benzene rings is 1. The van der Waals surface area contributed by atoms with Crippen LogP contribution in [0.4, 0.5) is 0 Å². The van der Waals surface area contributed by atoms with E-state index in [9.17, 15) is 4.79 Å². The molecule has 0 aromatic heterocycles. The van der Waals surface area contributed by atoms with E-state index in [1.165, 1.54) is 5.56 Å². The van der Waals surface area contributed by atoms with E-state index in [-0.39, 0.29) is 18.0 Å². The summed E-state index contributed by atoms with van der Waals surface area (Å²) in [5.74, 6) is 1.01. The maximum atomic E-state index is 11.5. The average Bonchev–Trinajstić information content (AvgIpc) is 2.34. The van der Waals surface area contributed by atoms with E-state index in [0.29, 0.717) is 13.0 Å². The molecule has 0 N–H and O–H groups in total. The van der Waals surface area contributed by atoms with Crippen LogP contribution in [0, 0.1) is 13.8 Å². The van der Waals surface area contributed by atoms with Crippen molar-refractivity contribution in [1.82, 2.24) is 0 Å². The summed E-state index contributed by atoms with van der Waals surface area (Å²) in [5, 5.41) is 0. The number of rotatable bonds is 5. The molecule has 1 saturated carbocycles. The van der Waals surface area contributed by atoms with Gasteiger partial charge in [0, 0.05) is 13.0 Å². The molecule has 2 unspecified atom stereocenters. The number of carbonyl (C=O) groups excluding carboxylic acids is 1. The van der Waals surface area contributed by atoms with Crippen molar-refractivity contribution in [3.05, 3.63) is 29.3 Å². The minimum absolute atomic E-state index is 0.121. The topological polar surface area (TPSA) is 35.5 Å². The first kappa shape index (κ1) is 13.1. The second-order valence-corrected chi connectivity index (χ2v) is 4.82. The number of carbonyl (C=O) groups is 1. The van der Waals surface area contributed by atoms with Crippen molar-refractivity contribution < 1.29 is 14.3 Å². The molecule has 0 bridgehead atoms. The Morgan fingerprint density at radius 2 is 2.11 bits per heavy atom. The molecule has 1 aromatic carbocycles.